The lowest BCUT2D eigenvalue weighted by molar-refractivity contribution is 0.111. The zero-order valence-electron chi connectivity index (χ0n) is 13.5. The van der Waals surface area contributed by atoms with Crippen LogP contribution in [0.5, 0.6) is 11.5 Å². The van der Waals surface area contributed by atoms with Crippen LogP contribution in [0.1, 0.15) is 62.2 Å². The quantitative estimate of drug-likeness (QED) is 0.822. The van der Waals surface area contributed by atoms with Crippen LogP contribution in [0.25, 0.3) is 0 Å². The highest BCUT2D eigenvalue weighted by Crippen LogP contribution is 2.40. The molecule has 2 N–H and O–H groups in total. The van der Waals surface area contributed by atoms with E-state index in [0.717, 1.165) is 11.1 Å². The molecule has 0 aliphatic heterocycles. The van der Waals surface area contributed by atoms with Gasteiger partial charge in [-0.3, -0.25) is 9.59 Å². The van der Waals surface area contributed by atoms with Gasteiger partial charge in [-0.1, -0.05) is 19.1 Å². The average Bonchev–Trinajstić information content (AvgIpc) is 2.53. The van der Waals surface area contributed by atoms with Gasteiger partial charge in [0.1, 0.15) is 11.5 Å². The lowest BCUT2D eigenvalue weighted by Gasteiger charge is -2.21. The molecule has 0 aliphatic carbocycles. The molecule has 0 radical (unpaired) electrons. The van der Waals surface area contributed by atoms with Gasteiger partial charge in [-0.15, -0.1) is 0 Å². The first-order valence-electron chi connectivity index (χ1n) is 7.50. The molecular weight excluding hydrogens is 292 g/mol. The van der Waals surface area contributed by atoms with Crippen LogP contribution in [0.3, 0.4) is 0 Å². The number of aldehydes is 2. The molecular formula is C19H20O4. The number of carbonyl (C=O) groups excluding carboxylic acids is 2. The van der Waals surface area contributed by atoms with E-state index in [1.807, 2.05) is 20.8 Å². The largest absolute Gasteiger partial charge is 0.507 e. The van der Waals surface area contributed by atoms with Gasteiger partial charge in [-0.2, -0.15) is 0 Å². The number of hydrogen-bond donors (Lipinski definition) is 2. The molecule has 0 bridgehead atoms. The van der Waals surface area contributed by atoms with Gasteiger partial charge >= 0.3 is 0 Å². The summed E-state index contributed by atoms with van der Waals surface area (Å²) < 4.78 is 0. The van der Waals surface area contributed by atoms with Crippen molar-refractivity contribution in [2.45, 2.75) is 33.1 Å². The van der Waals surface area contributed by atoms with Crippen LogP contribution in [0.2, 0.25) is 0 Å². The molecule has 0 heterocycles. The number of aromatic hydroxyl groups is 2. The molecule has 4 nitrogen and oxygen atoms in total. The fraction of sp³-hybridized carbons (Fsp3) is 0.263. The van der Waals surface area contributed by atoms with Gasteiger partial charge in [0.25, 0.3) is 0 Å². The molecule has 0 saturated heterocycles. The SMILES string of the molecule is CCC(c1cc(C)cc(C=O)c1O)c1cc(C)cc(C=O)c1O. The summed E-state index contributed by atoms with van der Waals surface area (Å²) in [7, 11) is 0. The van der Waals surface area contributed by atoms with Gasteiger partial charge in [-0.25, -0.2) is 0 Å². The van der Waals surface area contributed by atoms with E-state index in [4.69, 9.17) is 0 Å². The Kier molecular flexibility index (Phi) is 4.84. The molecule has 0 saturated carbocycles. The van der Waals surface area contributed by atoms with Crippen molar-refractivity contribution in [2.75, 3.05) is 0 Å². The molecule has 0 amide bonds. The van der Waals surface area contributed by atoms with E-state index in [1.165, 1.54) is 0 Å². The molecule has 120 valence electrons. The summed E-state index contributed by atoms with van der Waals surface area (Å²) in [6.07, 6.45) is 1.83. The molecule has 0 unspecified atom stereocenters. The van der Waals surface area contributed by atoms with Crippen LogP contribution in [0.4, 0.5) is 0 Å². The lowest BCUT2D eigenvalue weighted by atomic mass is 9.84. The van der Waals surface area contributed by atoms with Gasteiger partial charge in [0.15, 0.2) is 12.6 Å². The first-order valence-corrected chi connectivity index (χ1v) is 7.50. The van der Waals surface area contributed by atoms with Crippen molar-refractivity contribution < 1.29 is 19.8 Å². The molecule has 2 rings (SSSR count). The first-order chi connectivity index (χ1) is 10.9. The van der Waals surface area contributed by atoms with Crippen LogP contribution < -0.4 is 0 Å². The Labute approximate surface area is 135 Å². The third kappa shape index (κ3) is 3.11. The lowest BCUT2D eigenvalue weighted by Crippen LogP contribution is -2.04. The Morgan fingerprint density at radius 1 is 0.870 bits per heavy atom. The van der Waals surface area contributed by atoms with E-state index >= 15 is 0 Å². The fourth-order valence-corrected chi connectivity index (χ4v) is 2.99. The van der Waals surface area contributed by atoms with Crippen molar-refractivity contribution >= 4 is 12.6 Å². The third-order valence-corrected chi connectivity index (χ3v) is 4.04. The first kappa shape index (κ1) is 16.7. The van der Waals surface area contributed by atoms with Gasteiger partial charge in [0, 0.05) is 17.0 Å². The summed E-state index contributed by atoms with van der Waals surface area (Å²) in [6, 6.07) is 6.84. The Balaban J connectivity index is 2.71. The molecule has 2 aromatic carbocycles. The van der Waals surface area contributed by atoms with Crippen molar-refractivity contribution in [3.63, 3.8) is 0 Å². The minimum Gasteiger partial charge on any atom is -0.507 e. The molecule has 0 aromatic heterocycles. The van der Waals surface area contributed by atoms with E-state index < -0.39 is 0 Å². The second-order valence-electron chi connectivity index (χ2n) is 5.78. The second kappa shape index (κ2) is 6.65. The maximum Gasteiger partial charge on any atom is 0.153 e. The van der Waals surface area contributed by atoms with E-state index in [2.05, 4.69) is 0 Å². The Morgan fingerprint density at radius 2 is 1.26 bits per heavy atom. The number of benzene rings is 2. The second-order valence-corrected chi connectivity index (χ2v) is 5.78. The predicted octanol–water partition coefficient (Wildman–Crippen LogP) is 3.88. The molecule has 4 heteroatoms. The molecule has 23 heavy (non-hydrogen) atoms. The van der Waals surface area contributed by atoms with Crippen molar-refractivity contribution in [1.29, 1.82) is 0 Å². The summed E-state index contributed by atoms with van der Waals surface area (Å²) in [6.45, 7) is 5.61. The number of phenols is 2. The molecule has 0 fully saturated rings. The van der Waals surface area contributed by atoms with Gasteiger partial charge < -0.3 is 10.2 Å². The summed E-state index contributed by atoms with van der Waals surface area (Å²) in [5, 5.41) is 20.8. The summed E-state index contributed by atoms with van der Waals surface area (Å²) in [4.78, 5) is 22.3. The minimum absolute atomic E-state index is 0.0778. The topological polar surface area (TPSA) is 74.6 Å². The molecule has 0 atom stereocenters. The van der Waals surface area contributed by atoms with Crippen LogP contribution in [0.15, 0.2) is 24.3 Å². The van der Waals surface area contributed by atoms with Crippen LogP contribution in [-0.4, -0.2) is 22.8 Å². The third-order valence-electron chi connectivity index (χ3n) is 4.04. The molecule has 0 spiro atoms. The monoisotopic (exact) mass is 312 g/mol. The number of carbonyl (C=O) groups is 2. The minimum atomic E-state index is -0.313. The fourth-order valence-electron chi connectivity index (χ4n) is 2.99. The number of phenolic OH excluding ortho intramolecular Hbond substituents is 2. The molecule has 0 aliphatic rings. The summed E-state index contributed by atoms with van der Waals surface area (Å²) in [5.41, 5.74) is 3.30. The normalized spacial score (nSPS) is 10.8. The summed E-state index contributed by atoms with van der Waals surface area (Å²) >= 11 is 0. The standard InChI is InChI=1S/C19H20O4/c1-4-15(16-7-11(2)5-13(9-20)18(16)22)17-8-12(3)6-14(10-21)19(17)23/h5-10,15,22-23H,4H2,1-3H3. The van der Waals surface area contributed by atoms with Gasteiger partial charge in [-0.05, 0) is 43.5 Å². The Bertz CT molecular complexity index is 699. The van der Waals surface area contributed by atoms with E-state index in [9.17, 15) is 19.8 Å². The Morgan fingerprint density at radius 3 is 1.57 bits per heavy atom. The van der Waals surface area contributed by atoms with E-state index in [1.54, 1.807) is 24.3 Å². The summed E-state index contributed by atoms with van der Waals surface area (Å²) in [5.74, 6) is -0.468. The molecule has 2 aromatic rings. The highest BCUT2D eigenvalue weighted by molar-refractivity contribution is 5.82. The maximum atomic E-state index is 11.1. The highest BCUT2D eigenvalue weighted by Gasteiger charge is 2.23. The van der Waals surface area contributed by atoms with Crippen molar-refractivity contribution in [3.8, 4) is 11.5 Å². The zero-order chi connectivity index (χ0) is 17.1. The Hall–Kier alpha value is -2.62. The van der Waals surface area contributed by atoms with Crippen LogP contribution in [-0.2, 0) is 0 Å². The van der Waals surface area contributed by atoms with Crippen LogP contribution >= 0.6 is 0 Å². The van der Waals surface area contributed by atoms with E-state index in [-0.39, 0.29) is 28.5 Å². The van der Waals surface area contributed by atoms with Crippen molar-refractivity contribution in [2.24, 2.45) is 0 Å². The number of hydrogen-bond acceptors (Lipinski definition) is 4. The van der Waals surface area contributed by atoms with Crippen LogP contribution in [0, 0.1) is 13.8 Å². The maximum absolute atomic E-state index is 11.1. The predicted molar refractivity (Wildman–Crippen MR) is 88.6 cm³/mol. The highest BCUT2D eigenvalue weighted by atomic mass is 16.3. The van der Waals surface area contributed by atoms with Crippen molar-refractivity contribution in [3.05, 3.63) is 57.6 Å². The smallest absolute Gasteiger partial charge is 0.153 e. The number of aryl methyl sites for hydroxylation is 2. The zero-order valence-corrected chi connectivity index (χ0v) is 13.5. The van der Waals surface area contributed by atoms with Gasteiger partial charge in [0.2, 0.25) is 0 Å². The number of rotatable bonds is 5. The van der Waals surface area contributed by atoms with Crippen molar-refractivity contribution in [1.82, 2.24) is 0 Å². The van der Waals surface area contributed by atoms with E-state index in [0.29, 0.717) is 30.1 Å². The average molecular weight is 312 g/mol. The van der Waals surface area contributed by atoms with Gasteiger partial charge in [0.05, 0.1) is 11.1 Å².